The zero-order valence-corrected chi connectivity index (χ0v) is 13.3. The summed E-state index contributed by atoms with van der Waals surface area (Å²) >= 11 is 0. The molecular formula is C16H16N2O6. The van der Waals surface area contributed by atoms with Gasteiger partial charge in [0.2, 0.25) is 0 Å². The molecule has 0 spiro atoms. The molecule has 0 radical (unpaired) electrons. The smallest absolute Gasteiger partial charge is 0.335 e. The van der Waals surface area contributed by atoms with Gasteiger partial charge >= 0.3 is 5.97 Å². The van der Waals surface area contributed by atoms with E-state index in [0.717, 1.165) is 11.1 Å². The van der Waals surface area contributed by atoms with Gasteiger partial charge in [-0.1, -0.05) is 12.1 Å². The number of hydrogen-bond acceptors (Lipinski definition) is 5. The van der Waals surface area contributed by atoms with Crippen molar-refractivity contribution in [3.8, 4) is 0 Å². The molecule has 2 rings (SSSR count). The number of carbonyl (C=O) groups is 1. The molecule has 2 aromatic carbocycles. The molecule has 0 aliphatic heterocycles. The third kappa shape index (κ3) is 4.60. The Balaban J connectivity index is 0.000000243. The summed E-state index contributed by atoms with van der Waals surface area (Å²) in [5, 5.41) is 29.3. The monoisotopic (exact) mass is 332 g/mol. The lowest BCUT2D eigenvalue weighted by molar-refractivity contribution is -0.385. The van der Waals surface area contributed by atoms with Crippen molar-refractivity contribution >= 4 is 17.3 Å². The number of non-ortho nitro benzene ring substituents is 1. The van der Waals surface area contributed by atoms with Gasteiger partial charge in [-0.05, 0) is 38.0 Å². The number of carboxylic acid groups (broad SMARTS) is 1. The minimum absolute atomic E-state index is 0.0885. The van der Waals surface area contributed by atoms with Crippen molar-refractivity contribution in [1.29, 1.82) is 0 Å². The second kappa shape index (κ2) is 7.82. The van der Waals surface area contributed by atoms with Crippen molar-refractivity contribution in [1.82, 2.24) is 0 Å². The fourth-order valence-electron chi connectivity index (χ4n) is 1.93. The Bertz CT molecular complexity index is 801. The van der Waals surface area contributed by atoms with Crippen LogP contribution in [0.4, 0.5) is 11.4 Å². The highest BCUT2D eigenvalue weighted by Crippen LogP contribution is 2.19. The van der Waals surface area contributed by atoms with Crippen molar-refractivity contribution in [2.24, 2.45) is 0 Å². The van der Waals surface area contributed by atoms with Gasteiger partial charge in [0.05, 0.1) is 15.4 Å². The Morgan fingerprint density at radius 2 is 1.58 bits per heavy atom. The van der Waals surface area contributed by atoms with Crippen LogP contribution in [-0.2, 0) is 0 Å². The van der Waals surface area contributed by atoms with Crippen LogP contribution in [0.3, 0.4) is 0 Å². The first-order valence-corrected chi connectivity index (χ1v) is 6.84. The van der Waals surface area contributed by atoms with Gasteiger partial charge in [0.1, 0.15) is 0 Å². The van der Waals surface area contributed by atoms with Gasteiger partial charge in [-0.2, -0.15) is 0 Å². The van der Waals surface area contributed by atoms with Gasteiger partial charge in [-0.15, -0.1) is 0 Å². The molecule has 0 heterocycles. The highest BCUT2D eigenvalue weighted by atomic mass is 16.6. The summed E-state index contributed by atoms with van der Waals surface area (Å²) in [5.74, 6) is -1.08. The standard InChI is InChI=1S/C8H7NO4.C8H9NO2/c1-5-4-6(9(12)13)2-3-7(5)8(10)11;1-6-4-3-5-8(7(6)2)9(10)11/h2-4H,1H3,(H,10,11);3-5H,1-2H3. The van der Waals surface area contributed by atoms with Gasteiger partial charge < -0.3 is 5.11 Å². The summed E-state index contributed by atoms with van der Waals surface area (Å²) in [7, 11) is 0. The fraction of sp³-hybridized carbons (Fsp3) is 0.188. The largest absolute Gasteiger partial charge is 0.478 e. The quantitative estimate of drug-likeness (QED) is 0.673. The number of aryl methyl sites for hydroxylation is 2. The number of benzene rings is 2. The van der Waals surface area contributed by atoms with Crippen LogP contribution < -0.4 is 0 Å². The van der Waals surface area contributed by atoms with E-state index in [9.17, 15) is 25.0 Å². The molecule has 8 heteroatoms. The molecule has 0 fully saturated rings. The number of hydrogen-bond donors (Lipinski definition) is 1. The van der Waals surface area contributed by atoms with Crippen LogP contribution in [0, 0.1) is 41.0 Å². The van der Waals surface area contributed by atoms with E-state index in [1.54, 1.807) is 13.0 Å². The molecule has 1 N–H and O–H groups in total. The minimum Gasteiger partial charge on any atom is -0.478 e. The number of aromatic carboxylic acids is 1. The van der Waals surface area contributed by atoms with Crippen LogP contribution >= 0.6 is 0 Å². The molecule has 0 saturated heterocycles. The minimum atomic E-state index is -1.08. The van der Waals surface area contributed by atoms with Crippen LogP contribution in [0.5, 0.6) is 0 Å². The van der Waals surface area contributed by atoms with Crippen molar-refractivity contribution in [2.75, 3.05) is 0 Å². The van der Waals surface area contributed by atoms with Crippen LogP contribution in [0.15, 0.2) is 36.4 Å². The molecule has 0 amide bonds. The second-order valence-electron chi connectivity index (χ2n) is 5.04. The third-order valence-electron chi connectivity index (χ3n) is 3.42. The van der Waals surface area contributed by atoms with E-state index in [2.05, 4.69) is 0 Å². The van der Waals surface area contributed by atoms with Crippen molar-refractivity contribution in [2.45, 2.75) is 20.8 Å². The number of nitro groups is 2. The molecular weight excluding hydrogens is 316 g/mol. The lowest BCUT2D eigenvalue weighted by atomic mass is 10.1. The van der Waals surface area contributed by atoms with E-state index >= 15 is 0 Å². The summed E-state index contributed by atoms with van der Waals surface area (Å²) < 4.78 is 0. The Kier molecular flexibility index (Phi) is 6.11. The molecule has 0 aliphatic rings. The molecule has 126 valence electrons. The van der Waals surface area contributed by atoms with Gasteiger partial charge in [0.25, 0.3) is 11.4 Å². The zero-order chi connectivity index (χ0) is 18.4. The summed E-state index contributed by atoms with van der Waals surface area (Å²) in [6, 6.07) is 8.72. The predicted octanol–water partition coefficient (Wildman–Crippen LogP) is 3.81. The topological polar surface area (TPSA) is 124 Å². The molecule has 0 aliphatic carbocycles. The molecule has 8 nitrogen and oxygen atoms in total. The Morgan fingerprint density at radius 1 is 0.958 bits per heavy atom. The average molecular weight is 332 g/mol. The van der Waals surface area contributed by atoms with Gasteiger partial charge in [0, 0.05) is 23.8 Å². The van der Waals surface area contributed by atoms with Crippen LogP contribution in [0.1, 0.15) is 27.0 Å². The third-order valence-corrected chi connectivity index (χ3v) is 3.42. The molecule has 0 aromatic heterocycles. The molecule has 24 heavy (non-hydrogen) atoms. The molecule has 0 bridgehead atoms. The van der Waals surface area contributed by atoms with Crippen molar-refractivity contribution in [3.05, 3.63) is 78.9 Å². The molecule has 2 aromatic rings. The number of rotatable bonds is 3. The highest BCUT2D eigenvalue weighted by molar-refractivity contribution is 5.89. The van der Waals surface area contributed by atoms with E-state index in [0.29, 0.717) is 5.56 Å². The van der Waals surface area contributed by atoms with E-state index in [1.165, 1.54) is 31.2 Å². The van der Waals surface area contributed by atoms with Crippen molar-refractivity contribution in [3.63, 3.8) is 0 Å². The molecule has 0 saturated carbocycles. The Labute approximate surface area is 137 Å². The van der Waals surface area contributed by atoms with E-state index in [4.69, 9.17) is 5.11 Å². The fourth-order valence-corrected chi connectivity index (χ4v) is 1.93. The first-order valence-electron chi connectivity index (χ1n) is 6.84. The molecule has 0 atom stereocenters. The first-order chi connectivity index (χ1) is 11.1. The number of carboxylic acids is 1. The van der Waals surface area contributed by atoms with Gasteiger partial charge in [-0.3, -0.25) is 20.2 Å². The maximum absolute atomic E-state index is 10.5. The van der Waals surface area contributed by atoms with Gasteiger partial charge in [-0.25, -0.2) is 4.79 Å². The SMILES string of the molecule is Cc1cc([N+](=O)[O-])ccc1C(=O)O.Cc1cccc([N+](=O)[O-])c1C. The summed E-state index contributed by atoms with van der Waals surface area (Å²) in [4.78, 5) is 30.3. The van der Waals surface area contributed by atoms with E-state index in [1.807, 2.05) is 13.0 Å². The number of nitro benzene ring substituents is 2. The second-order valence-corrected chi connectivity index (χ2v) is 5.04. The Morgan fingerprint density at radius 3 is 2.00 bits per heavy atom. The first kappa shape index (κ1) is 18.8. The lowest BCUT2D eigenvalue weighted by Gasteiger charge is -1.98. The van der Waals surface area contributed by atoms with E-state index < -0.39 is 10.9 Å². The highest BCUT2D eigenvalue weighted by Gasteiger charge is 2.11. The summed E-state index contributed by atoms with van der Waals surface area (Å²) in [6.07, 6.45) is 0. The van der Waals surface area contributed by atoms with Crippen molar-refractivity contribution < 1.29 is 19.7 Å². The average Bonchev–Trinajstić information content (AvgIpc) is 2.49. The lowest BCUT2D eigenvalue weighted by Crippen LogP contribution is -2.00. The normalized spacial score (nSPS) is 9.62. The van der Waals surface area contributed by atoms with Crippen LogP contribution in [0.25, 0.3) is 0 Å². The predicted molar refractivity (Wildman–Crippen MR) is 87.4 cm³/mol. The molecule has 0 unspecified atom stereocenters. The van der Waals surface area contributed by atoms with Crippen LogP contribution in [-0.4, -0.2) is 20.9 Å². The summed E-state index contributed by atoms with van der Waals surface area (Å²) in [6.45, 7) is 5.15. The Hall–Kier alpha value is -3.29. The maximum atomic E-state index is 10.5. The number of nitrogens with zero attached hydrogens (tertiary/aromatic N) is 2. The van der Waals surface area contributed by atoms with E-state index in [-0.39, 0.29) is 21.9 Å². The zero-order valence-electron chi connectivity index (χ0n) is 13.3. The summed E-state index contributed by atoms with van der Waals surface area (Å²) in [5.41, 5.74) is 2.29. The maximum Gasteiger partial charge on any atom is 0.335 e. The van der Waals surface area contributed by atoms with Gasteiger partial charge in [0.15, 0.2) is 0 Å². The van der Waals surface area contributed by atoms with Crippen LogP contribution in [0.2, 0.25) is 0 Å².